The van der Waals surface area contributed by atoms with Crippen LogP contribution in [0.5, 0.6) is 0 Å². The summed E-state index contributed by atoms with van der Waals surface area (Å²) in [5, 5.41) is 11.2. The van der Waals surface area contributed by atoms with Crippen molar-refractivity contribution in [3.63, 3.8) is 0 Å². The van der Waals surface area contributed by atoms with Crippen molar-refractivity contribution >= 4 is 18.2 Å². The van der Waals surface area contributed by atoms with Gasteiger partial charge in [0.1, 0.15) is 5.82 Å². The zero-order chi connectivity index (χ0) is 12.4. The molecule has 0 bridgehead atoms. The van der Waals surface area contributed by atoms with Crippen LogP contribution in [0.25, 0.3) is 0 Å². The van der Waals surface area contributed by atoms with Crippen LogP contribution in [0.1, 0.15) is 25.5 Å². The van der Waals surface area contributed by atoms with Crippen molar-refractivity contribution in [2.75, 3.05) is 5.32 Å². The number of aryl methyl sites for hydroxylation is 1. The van der Waals surface area contributed by atoms with E-state index in [1.165, 1.54) is 10.9 Å². The topological polar surface area (TPSA) is 47.7 Å². The summed E-state index contributed by atoms with van der Waals surface area (Å²) in [6.45, 7) is 4.49. The number of nitrogens with zero attached hydrogens (tertiary/aromatic N) is 4. The maximum Gasteiger partial charge on any atom is 0.216 e. The second-order valence-corrected chi connectivity index (χ2v) is 4.19. The van der Waals surface area contributed by atoms with Gasteiger partial charge in [-0.25, -0.2) is 9.36 Å². The molecule has 0 saturated heterocycles. The molecular weight excluding hydrogens is 257 g/mol. The Labute approximate surface area is 111 Å². The summed E-state index contributed by atoms with van der Waals surface area (Å²) in [6, 6.07) is 2.14. The molecule has 1 N–H and O–H groups in total. The molecule has 0 aromatic carbocycles. The first-order valence-electron chi connectivity index (χ1n) is 5.53. The van der Waals surface area contributed by atoms with Gasteiger partial charge in [0.05, 0.1) is 12.4 Å². The van der Waals surface area contributed by atoms with E-state index in [9.17, 15) is 4.39 Å². The number of aromatic nitrogens is 4. The highest BCUT2D eigenvalue weighted by atomic mass is 35.5. The van der Waals surface area contributed by atoms with Gasteiger partial charge in [-0.2, -0.15) is 14.6 Å². The Morgan fingerprint density at radius 2 is 2.11 bits per heavy atom. The Bertz CT molecular complexity index is 505. The van der Waals surface area contributed by atoms with Crippen molar-refractivity contribution in [2.45, 2.75) is 26.4 Å². The Morgan fingerprint density at radius 3 is 2.67 bits per heavy atom. The number of anilines is 1. The lowest BCUT2D eigenvalue weighted by Crippen LogP contribution is -2.10. The van der Waals surface area contributed by atoms with Gasteiger partial charge in [0, 0.05) is 31.3 Å². The largest absolute Gasteiger partial charge is 0.366 e. The van der Waals surface area contributed by atoms with Gasteiger partial charge < -0.3 is 5.32 Å². The predicted octanol–water partition coefficient (Wildman–Crippen LogP) is 2.37. The summed E-state index contributed by atoms with van der Waals surface area (Å²) < 4.78 is 16.6. The van der Waals surface area contributed by atoms with Crippen LogP contribution in [0, 0.1) is 5.95 Å². The van der Waals surface area contributed by atoms with Crippen LogP contribution < -0.4 is 5.32 Å². The predicted molar refractivity (Wildman–Crippen MR) is 70.4 cm³/mol. The third-order valence-electron chi connectivity index (χ3n) is 2.56. The molecular formula is C11H17ClFN5. The standard InChI is InChI=1S/C11H16FN5.ClH/c1-8(2)17-10(4-5-14-17)13-6-9-7-15-16(3)11(9)12;/h4-5,7-8,13H,6H2,1-3H3;1H. The molecule has 5 nitrogen and oxygen atoms in total. The summed E-state index contributed by atoms with van der Waals surface area (Å²) in [7, 11) is 1.58. The van der Waals surface area contributed by atoms with Crippen molar-refractivity contribution in [1.29, 1.82) is 0 Å². The maximum absolute atomic E-state index is 13.5. The molecule has 2 rings (SSSR count). The number of halogens is 2. The normalized spacial score (nSPS) is 10.5. The maximum atomic E-state index is 13.5. The van der Waals surface area contributed by atoms with E-state index in [0.717, 1.165) is 5.82 Å². The van der Waals surface area contributed by atoms with Crippen molar-refractivity contribution in [3.05, 3.63) is 30.0 Å². The number of hydrogen-bond acceptors (Lipinski definition) is 3. The van der Waals surface area contributed by atoms with E-state index in [1.54, 1.807) is 13.2 Å². The molecule has 18 heavy (non-hydrogen) atoms. The molecule has 0 radical (unpaired) electrons. The Kier molecular flexibility index (Phi) is 4.72. The van der Waals surface area contributed by atoms with E-state index in [1.807, 2.05) is 24.6 Å². The second kappa shape index (κ2) is 5.86. The summed E-state index contributed by atoms with van der Waals surface area (Å²) in [5.74, 6) is 0.566. The fourth-order valence-electron chi connectivity index (χ4n) is 1.64. The molecule has 0 atom stereocenters. The van der Waals surface area contributed by atoms with Crippen molar-refractivity contribution in [2.24, 2.45) is 7.05 Å². The van der Waals surface area contributed by atoms with Crippen LogP contribution in [0.2, 0.25) is 0 Å². The summed E-state index contributed by atoms with van der Waals surface area (Å²) in [6.07, 6.45) is 3.25. The minimum absolute atomic E-state index is 0. The highest BCUT2D eigenvalue weighted by Crippen LogP contribution is 2.14. The average molecular weight is 274 g/mol. The van der Waals surface area contributed by atoms with E-state index in [0.29, 0.717) is 12.1 Å². The summed E-state index contributed by atoms with van der Waals surface area (Å²) >= 11 is 0. The lowest BCUT2D eigenvalue weighted by atomic mass is 10.3. The van der Waals surface area contributed by atoms with Crippen LogP contribution in [0.4, 0.5) is 10.2 Å². The fraction of sp³-hybridized carbons (Fsp3) is 0.455. The van der Waals surface area contributed by atoms with Crippen LogP contribution in [-0.4, -0.2) is 19.6 Å². The van der Waals surface area contributed by atoms with E-state index < -0.39 is 0 Å². The molecule has 0 aliphatic rings. The number of nitrogens with one attached hydrogen (secondary N) is 1. The van der Waals surface area contributed by atoms with Crippen molar-refractivity contribution in [1.82, 2.24) is 19.6 Å². The molecule has 0 aliphatic carbocycles. The third kappa shape index (κ3) is 2.81. The zero-order valence-corrected chi connectivity index (χ0v) is 11.4. The molecule has 2 aromatic heterocycles. The van der Waals surface area contributed by atoms with E-state index in [4.69, 9.17) is 0 Å². The number of rotatable bonds is 4. The van der Waals surface area contributed by atoms with Crippen LogP contribution in [0.3, 0.4) is 0 Å². The summed E-state index contributed by atoms with van der Waals surface area (Å²) in [5.41, 5.74) is 0.545. The van der Waals surface area contributed by atoms with E-state index in [2.05, 4.69) is 15.5 Å². The minimum atomic E-state index is -0.312. The first-order chi connectivity index (χ1) is 8.09. The first-order valence-corrected chi connectivity index (χ1v) is 5.53. The van der Waals surface area contributed by atoms with Gasteiger partial charge in [-0.3, -0.25) is 0 Å². The molecule has 2 aromatic rings. The molecule has 7 heteroatoms. The lowest BCUT2D eigenvalue weighted by molar-refractivity contribution is 0.495. The lowest BCUT2D eigenvalue weighted by Gasteiger charge is -2.11. The first kappa shape index (κ1) is 14.5. The van der Waals surface area contributed by atoms with Gasteiger partial charge in [-0.15, -0.1) is 12.4 Å². The molecule has 0 spiro atoms. The molecule has 0 aliphatic heterocycles. The van der Waals surface area contributed by atoms with Gasteiger partial charge in [0.25, 0.3) is 0 Å². The molecule has 0 fully saturated rings. The van der Waals surface area contributed by atoms with Gasteiger partial charge in [0.2, 0.25) is 5.95 Å². The van der Waals surface area contributed by atoms with Gasteiger partial charge in [-0.1, -0.05) is 0 Å². The van der Waals surface area contributed by atoms with Crippen molar-refractivity contribution < 1.29 is 4.39 Å². The van der Waals surface area contributed by atoms with Crippen LogP contribution in [0.15, 0.2) is 18.5 Å². The average Bonchev–Trinajstić information content (AvgIpc) is 2.86. The minimum Gasteiger partial charge on any atom is -0.366 e. The number of hydrogen-bond donors (Lipinski definition) is 1. The second-order valence-electron chi connectivity index (χ2n) is 4.19. The van der Waals surface area contributed by atoms with Crippen molar-refractivity contribution in [3.8, 4) is 0 Å². The van der Waals surface area contributed by atoms with E-state index in [-0.39, 0.29) is 24.4 Å². The van der Waals surface area contributed by atoms with Crippen LogP contribution in [-0.2, 0) is 13.6 Å². The third-order valence-corrected chi connectivity index (χ3v) is 2.56. The monoisotopic (exact) mass is 273 g/mol. The fourth-order valence-corrected chi connectivity index (χ4v) is 1.64. The molecule has 0 saturated carbocycles. The SMILES string of the molecule is CC(C)n1nccc1NCc1cnn(C)c1F.Cl. The molecule has 2 heterocycles. The Balaban J connectivity index is 0.00000162. The smallest absolute Gasteiger partial charge is 0.216 e. The van der Waals surface area contributed by atoms with Gasteiger partial charge in [-0.05, 0) is 13.8 Å². The molecule has 100 valence electrons. The summed E-state index contributed by atoms with van der Waals surface area (Å²) in [4.78, 5) is 0. The Morgan fingerprint density at radius 1 is 1.39 bits per heavy atom. The van der Waals surface area contributed by atoms with E-state index >= 15 is 0 Å². The van der Waals surface area contributed by atoms with Gasteiger partial charge >= 0.3 is 0 Å². The highest BCUT2D eigenvalue weighted by molar-refractivity contribution is 5.85. The molecule has 0 amide bonds. The zero-order valence-electron chi connectivity index (χ0n) is 10.6. The Hall–Kier alpha value is -1.56. The highest BCUT2D eigenvalue weighted by Gasteiger charge is 2.09. The van der Waals surface area contributed by atoms with Gasteiger partial charge in [0.15, 0.2) is 0 Å². The van der Waals surface area contributed by atoms with Crippen LogP contribution >= 0.6 is 12.4 Å². The quantitative estimate of drug-likeness (QED) is 0.930. The molecule has 0 unspecified atom stereocenters.